The molecule has 0 N–H and O–H groups in total. The summed E-state index contributed by atoms with van der Waals surface area (Å²) < 4.78 is 6.55. The van der Waals surface area contributed by atoms with Crippen molar-refractivity contribution in [2.75, 3.05) is 39.9 Å². The molecule has 0 saturated carbocycles. The van der Waals surface area contributed by atoms with Gasteiger partial charge >= 0.3 is 0 Å². The summed E-state index contributed by atoms with van der Waals surface area (Å²) in [5.74, 6) is 0.631. The van der Waals surface area contributed by atoms with Gasteiger partial charge in [0.1, 0.15) is 13.1 Å². The first-order valence-corrected chi connectivity index (χ1v) is 6.75. The molecule has 2 nitrogen and oxygen atoms in total. The van der Waals surface area contributed by atoms with E-state index in [4.69, 9.17) is 4.74 Å². The lowest BCUT2D eigenvalue weighted by Gasteiger charge is -2.36. The summed E-state index contributed by atoms with van der Waals surface area (Å²) in [5, 5.41) is 0. The molecule has 18 heavy (non-hydrogen) atoms. The van der Waals surface area contributed by atoms with Gasteiger partial charge in [-0.3, -0.25) is 0 Å². The van der Waals surface area contributed by atoms with Crippen LogP contribution in [0.15, 0.2) is 24.3 Å². The molecular formula is C15H28INO. The molecule has 0 aromatic heterocycles. The third-order valence-electron chi connectivity index (χ3n) is 3.83. The van der Waals surface area contributed by atoms with E-state index >= 15 is 0 Å². The van der Waals surface area contributed by atoms with Gasteiger partial charge in [0.05, 0.1) is 26.8 Å². The highest BCUT2D eigenvalue weighted by atomic mass is 127. The van der Waals surface area contributed by atoms with E-state index in [9.17, 15) is 0 Å². The second-order valence-corrected chi connectivity index (χ2v) is 5.66. The van der Waals surface area contributed by atoms with E-state index in [1.165, 1.54) is 18.4 Å². The maximum absolute atomic E-state index is 5.42. The van der Waals surface area contributed by atoms with Gasteiger partial charge in [-0.25, -0.2) is 0 Å². The van der Waals surface area contributed by atoms with Crippen LogP contribution in [0, 0.1) is 5.92 Å². The molecule has 1 saturated heterocycles. The Labute approximate surface area is 130 Å². The zero-order valence-corrected chi connectivity index (χ0v) is 14.3. The van der Waals surface area contributed by atoms with Crippen molar-refractivity contribution >= 4 is 0 Å². The minimum absolute atomic E-state index is 0. The second kappa shape index (κ2) is 9.10. The molecule has 0 radical (unpaired) electrons. The number of likely N-dealkylation sites (N-methyl/N-ethyl adjacent to an activating group) is 1. The standard InChI is InChI=1S/C15H28NO.HI/c1-5-14(2)6-7-15(3)8-9-16(4)10-12-17-13-11-16;/h5,8,14H,1,6-7,9-13H2,2-4H3;1H/q+1;/p-1/b15-8+;. The number of nitrogens with zero attached hydrogens (tertiary/aromatic N) is 1. The Morgan fingerprint density at radius 2 is 2.00 bits per heavy atom. The highest BCUT2D eigenvalue weighted by Crippen LogP contribution is 2.14. The molecule has 1 heterocycles. The molecule has 0 aromatic rings. The molecule has 1 unspecified atom stereocenters. The lowest BCUT2D eigenvalue weighted by atomic mass is 10.0. The van der Waals surface area contributed by atoms with Crippen LogP contribution in [0.1, 0.15) is 26.7 Å². The fraction of sp³-hybridized carbons (Fsp3) is 0.733. The quantitative estimate of drug-likeness (QED) is 0.366. The average Bonchev–Trinajstić information content (AvgIpc) is 2.34. The zero-order chi connectivity index (χ0) is 12.7. The molecule has 0 aromatic carbocycles. The third kappa shape index (κ3) is 6.90. The van der Waals surface area contributed by atoms with Crippen molar-refractivity contribution in [1.29, 1.82) is 0 Å². The summed E-state index contributed by atoms with van der Waals surface area (Å²) in [4.78, 5) is 0. The Bertz CT molecular complexity index is 270. The molecule has 0 spiro atoms. The van der Waals surface area contributed by atoms with Gasteiger partial charge in [0.25, 0.3) is 0 Å². The monoisotopic (exact) mass is 365 g/mol. The maximum Gasteiger partial charge on any atom is 0.102 e. The van der Waals surface area contributed by atoms with Crippen molar-refractivity contribution in [1.82, 2.24) is 0 Å². The first-order valence-electron chi connectivity index (χ1n) is 6.75. The van der Waals surface area contributed by atoms with Crippen LogP contribution in [-0.2, 0) is 4.74 Å². The van der Waals surface area contributed by atoms with Gasteiger partial charge in [-0.2, -0.15) is 0 Å². The fourth-order valence-electron chi connectivity index (χ4n) is 2.02. The summed E-state index contributed by atoms with van der Waals surface area (Å²) in [7, 11) is 2.33. The minimum Gasteiger partial charge on any atom is -1.00 e. The summed E-state index contributed by atoms with van der Waals surface area (Å²) in [6, 6.07) is 0. The molecule has 0 aliphatic carbocycles. The third-order valence-corrected chi connectivity index (χ3v) is 3.83. The Kier molecular flexibility index (Phi) is 9.17. The van der Waals surface area contributed by atoms with E-state index < -0.39 is 0 Å². The molecular weight excluding hydrogens is 337 g/mol. The van der Waals surface area contributed by atoms with Crippen LogP contribution < -0.4 is 24.0 Å². The van der Waals surface area contributed by atoms with Gasteiger partial charge in [-0.15, -0.1) is 6.58 Å². The van der Waals surface area contributed by atoms with Crippen molar-refractivity contribution in [2.24, 2.45) is 5.92 Å². The number of allylic oxidation sites excluding steroid dienone is 2. The lowest BCUT2D eigenvalue weighted by Crippen LogP contribution is -3.00. The van der Waals surface area contributed by atoms with Crippen LogP contribution in [0.4, 0.5) is 0 Å². The molecule has 1 aliphatic rings. The number of quaternary nitrogens is 1. The average molecular weight is 365 g/mol. The van der Waals surface area contributed by atoms with Crippen LogP contribution >= 0.6 is 0 Å². The van der Waals surface area contributed by atoms with Gasteiger partial charge in [-0.1, -0.05) is 18.6 Å². The first-order chi connectivity index (χ1) is 8.06. The summed E-state index contributed by atoms with van der Waals surface area (Å²) in [6.07, 6.45) is 6.88. The van der Waals surface area contributed by atoms with Crippen LogP contribution in [-0.4, -0.2) is 44.4 Å². The van der Waals surface area contributed by atoms with Gasteiger partial charge in [0, 0.05) is 0 Å². The Hall–Kier alpha value is 0.130. The first kappa shape index (κ1) is 18.1. The van der Waals surface area contributed by atoms with E-state index in [0.29, 0.717) is 5.92 Å². The minimum atomic E-state index is 0. The van der Waals surface area contributed by atoms with Gasteiger partial charge in [-0.05, 0) is 31.8 Å². The van der Waals surface area contributed by atoms with Crippen LogP contribution in [0.2, 0.25) is 0 Å². The molecule has 0 amide bonds. The van der Waals surface area contributed by atoms with Crippen molar-refractivity contribution < 1.29 is 33.2 Å². The summed E-state index contributed by atoms with van der Waals surface area (Å²) in [6.45, 7) is 13.6. The van der Waals surface area contributed by atoms with Crippen molar-refractivity contribution in [2.45, 2.75) is 26.7 Å². The van der Waals surface area contributed by atoms with Crippen LogP contribution in [0.5, 0.6) is 0 Å². The second-order valence-electron chi connectivity index (χ2n) is 5.66. The maximum atomic E-state index is 5.42. The number of rotatable bonds is 6. The van der Waals surface area contributed by atoms with Crippen molar-refractivity contribution in [3.05, 3.63) is 24.3 Å². The molecule has 1 fully saturated rings. The SMILES string of the molecule is C=CC(C)CC/C(C)=C/C[N+]1(C)CCOCC1.[I-]. The largest absolute Gasteiger partial charge is 1.00 e. The van der Waals surface area contributed by atoms with E-state index in [-0.39, 0.29) is 24.0 Å². The normalized spacial score (nSPS) is 20.9. The number of hydrogen-bond donors (Lipinski definition) is 0. The predicted octanol–water partition coefficient (Wildman–Crippen LogP) is 0.0158. The number of halogens is 1. The van der Waals surface area contributed by atoms with E-state index in [2.05, 4.69) is 33.6 Å². The summed E-state index contributed by atoms with van der Waals surface area (Å²) >= 11 is 0. The Morgan fingerprint density at radius 3 is 2.56 bits per heavy atom. The molecule has 0 bridgehead atoms. The highest BCUT2D eigenvalue weighted by Gasteiger charge is 2.23. The Balaban J connectivity index is 0.00000289. The van der Waals surface area contributed by atoms with E-state index in [0.717, 1.165) is 37.3 Å². The van der Waals surface area contributed by atoms with E-state index in [1.54, 1.807) is 0 Å². The zero-order valence-electron chi connectivity index (χ0n) is 12.1. The topological polar surface area (TPSA) is 9.23 Å². The molecule has 1 atom stereocenters. The number of morpholine rings is 1. The Morgan fingerprint density at radius 1 is 1.39 bits per heavy atom. The highest BCUT2D eigenvalue weighted by molar-refractivity contribution is 4.99. The van der Waals surface area contributed by atoms with Crippen molar-refractivity contribution in [3.8, 4) is 0 Å². The molecule has 3 heteroatoms. The van der Waals surface area contributed by atoms with Crippen LogP contribution in [0.3, 0.4) is 0 Å². The van der Waals surface area contributed by atoms with Gasteiger partial charge in [0.2, 0.25) is 0 Å². The molecule has 1 rings (SSSR count). The van der Waals surface area contributed by atoms with Gasteiger partial charge < -0.3 is 33.2 Å². The fourth-order valence-corrected chi connectivity index (χ4v) is 2.02. The van der Waals surface area contributed by atoms with Crippen LogP contribution in [0.25, 0.3) is 0 Å². The molecule has 106 valence electrons. The smallest absolute Gasteiger partial charge is 0.102 e. The number of ether oxygens (including phenoxy) is 1. The predicted molar refractivity (Wildman–Crippen MR) is 74.0 cm³/mol. The van der Waals surface area contributed by atoms with E-state index in [1.807, 2.05) is 6.08 Å². The lowest BCUT2D eigenvalue weighted by molar-refractivity contribution is -0.911. The molecule has 1 aliphatic heterocycles. The van der Waals surface area contributed by atoms with Gasteiger partial charge in [0.15, 0.2) is 0 Å². The number of hydrogen-bond acceptors (Lipinski definition) is 1. The van der Waals surface area contributed by atoms with Crippen molar-refractivity contribution in [3.63, 3.8) is 0 Å². The summed E-state index contributed by atoms with van der Waals surface area (Å²) in [5.41, 5.74) is 1.52.